The molecule has 4 N–H and O–H groups in total. The van der Waals surface area contributed by atoms with Crippen LogP contribution in [0.1, 0.15) is 42.6 Å². The van der Waals surface area contributed by atoms with Crippen LogP contribution in [-0.2, 0) is 11.3 Å². The summed E-state index contributed by atoms with van der Waals surface area (Å²) in [4.78, 5) is 24.1. The Labute approximate surface area is 173 Å². The number of benzene rings is 1. The van der Waals surface area contributed by atoms with Gasteiger partial charge in [-0.3, -0.25) is 4.79 Å². The van der Waals surface area contributed by atoms with Gasteiger partial charge in [0.25, 0.3) is 5.91 Å². The van der Waals surface area contributed by atoms with Gasteiger partial charge in [-0.1, -0.05) is 12.1 Å². The number of rotatable bonds is 8. The van der Waals surface area contributed by atoms with Gasteiger partial charge in [-0.25, -0.2) is 4.79 Å². The first-order chi connectivity index (χ1) is 12.9. The zero-order valence-corrected chi connectivity index (χ0v) is 17.8. The molecule has 1 saturated heterocycles. The van der Waals surface area contributed by atoms with Crippen molar-refractivity contribution in [2.45, 2.75) is 39.3 Å². The van der Waals surface area contributed by atoms with Gasteiger partial charge in [-0.2, -0.15) is 0 Å². The number of piperidine rings is 1. The lowest BCUT2D eigenvalue weighted by Gasteiger charge is -2.37. The Hall–Kier alpha value is -1.83. The molecule has 0 radical (unpaired) electrons. The highest BCUT2D eigenvalue weighted by atomic mass is 35.5. The molecule has 0 unspecified atom stereocenters. The SMILES string of the molecule is COCC1(CNC(=O)c2ccc(CNC(=O)NC(C)C)cc2)CCNCC1.Cl. The Morgan fingerprint density at radius 1 is 1.14 bits per heavy atom. The van der Waals surface area contributed by atoms with Crippen molar-refractivity contribution < 1.29 is 14.3 Å². The van der Waals surface area contributed by atoms with E-state index in [-0.39, 0.29) is 35.8 Å². The Bertz CT molecular complexity index is 611. The minimum Gasteiger partial charge on any atom is -0.384 e. The van der Waals surface area contributed by atoms with Crippen LogP contribution in [0.25, 0.3) is 0 Å². The summed E-state index contributed by atoms with van der Waals surface area (Å²) >= 11 is 0. The van der Waals surface area contributed by atoms with Crippen LogP contribution in [-0.4, -0.2) is 51.3 Å². The van der Waals surface area contributed by atoms with Crippen molar-refractivity contribution >= 4 is 24.3 Å². The van der Waals surface area contributed by atoms with E-state index in [4.69, 9.17) is 4.74 Å². The molecule has 0 saturated carbocycles. The van der Waals surface area contributed by atoms with Crippen LogP contribution < -0.4 is 21.3 Å². The number of amides is 3. The molecule has 1 aromatic carbocycles. The second-order valence-corrected chi connectivity index (χ2v) is 7.54. The normalized spacial score (nSPS) is 15.4. The van der Waals surface area contributed by atoms with Gasteiger partial charge in [0.2, 0.25) is 0 Å². The molecule has 0 spiro atoms. The lowest BCUT2D eigenvalue weighted by molar-refractivity contribution is 0.0512. The maximum atomic E-state index is 12.5. The molecule has 2 rings (SSSR count). The first-order valence-electron chi connectivity index (χ1n) is 9.55. The maximum absolute atomic E-state index is 12.5. The molecule has 1 heterocycles. The Morgan fingerprint density at radius 3 is 2.36 bits per heavy atom. The van der Waals surface area contributed by atoms with Crippen molar-refractivity contribution in [1.82, 2.24) is 21.3 Å². The largest absolute Gasteiger partial charge is 0.384 e. The molecular weight excluding hydrogens is 380 g/mol. The fraction of sp³-hybridized carbons (Fsp3) is 0.600. The molecule has 7 nitrogen and oxygen atoms in total. The maximum Gasteiger partial charge on any atom is 0.315 e. The highest BCUT2D eigenvalue weighted by Gasteiger charge is 2.32. The molecular formula is C20H33ClN4O3. The smallest absolute Gasteiger partial charge is 0.315 e. The van der Waals surface area contributed by atoms with E-state index in [0.29, 0.717) is 25.3 Å². The lowest BCUT2D eigenvalue weighted by atomic mass is 9.79. The summed E-state index contributed by atoms with van der Waals surface area (Å²) in [6.45, 7) is 7.40. The second-order valence-electron chi connectivity index (χ2n) is 7.54. The molecule has 1 aliphatic heterocycles. The number of ether oxygens (including phenoxy) is 1. The number of hydrogen-bond donors (Lipinski definition) is 4. The van der Waals surface area contributed by atoms with E-state index in [1.165, 1.54) is 0 Å². The average Bonchev–Trinajstić information content (AvgIpc) is 2.65. The van der Waals surface area contributed by atoms with Crippen LogP contribution in [0.2, 0.25) is 0 Å². The van der Waals surface area contributed by atoms with Crippen LogP contribution >= 0.6 is 12.4 Å². The van der Waals surface area contributed by atoms with E-state index < -0.39 is 0 Å². The number of nitrogens with one attached hydrogen (secondary N) is 4. The van der Waals surface area contributed by atoms with Crippen LogP contribution in [0.5, 0.6) is 0 Å². The quantitative estimate of drug-likeness (QED) is 0.526. The molecule has 0 bridgehead atoms. The van der Waals surface area contributed by atoms with Crippen molar-refractivity contribution in [3.8, 4) is 0 Å². The summed E-state index contributed by atoms with van der Waals surface area (Å²) in [6, 6.07) is 7.20. The minimum absolute atomic E-state index is 0. The van der Waals surface area contributed by atoms with E-state index in [1.807, 2.05) is 26.0 Å². The van der Waals surface area contributed by atoms with Gasteiger partial charge in [0, 0.05) is 37.2 Å². The van der Waals surface area contributed by atoms with E-state index in [0.717, 1.165) is 31.5 Å². The standard InChI is InChI=1S/C20H32N4O3.ClH/c1-15(2)24-19(26)22-12-16-4-6-17(7-5-16)18(25)23-13-20(14-27-3)8-10-21-11-9-20;/h4-7,15,21H,8-14H2,1-3H3,(H,23,25)(H2,22,24,26);1H. The van der Waals surface area contributed by atoms with Gasteiger partial charge in [0.1, 0.15) is 0 Å². The molecule has 1 aliphatic rings. The lowest BCUT2D eigenvalue weighted by Crippen LogP contribution is -2.47. The summed E-state index contributed by atoms with van der Waals surface area (Å²) in [5.41, 5.74) is 1.56. The number of urea groups is 1. The van der Waals surface area contributed by atoms with Crippen molar-refractivity contribution in [1.29, 1.82) is 0 Å². The highest BCUT2D eigenvalue weighted by Crippen LogP contribution is 2.28. The van der Waals surface area contributed by atoms with E-state index >= 15 is 0 Å². The van der Waals surface area contributed by atoms with Gasteiger partial charge in [-0.05, 0) is 57.5 Å². The van der Waals surface area contributed by atoms with Gasteiger partial charge in [0.15, 0.2) is 0 Å². The summed E-state index contributed by atoms with van der Waals surface area (Å²) in [5, 5.41) is 12.0. The summed E-state index contributed by atoms with van der Waals surface area (Å²) in [5.74, 6) is -0.0823. The van der Waals surface area contributed by atoms with Crippen LogP contribution in [0.15, 0.2) is 24.3 Å². The monoisotopic (exact) mass is 412 g/mol. The zero-order chi connectivity index (χ0) is 19.7. The number of hydrogen-bond acceptors (Lipinski definition) is 4. The highest BCUT2D eigenvalue weighted by molar-refractivity contribution is 5.94. The number of carbonyl (C=O) groups excluding carboxylic acids is 2. The molecule has 0 atom stereocenters. The second kappa shape index (κ2) is 11.9. The predicted molar refractivity (Wildman–Crippen MR) is 113 cm³/mol. The molecule has 28 heavy (non-hydrogen) atoms. The van der Waals surface area contributed by atoms with E-state index in [9.17, 15) is 9.59 Å². The molecule has 1 aromatic rings. The number of methoxy groups -OCH3 is 1. The molecule has 0 aliphatic carbocycles. The zero-order valence-electron chi connectivity index (χ0n) is 17.0. The topological polar surface area (TPSA) is 91.5 Å². The third-order valence-corrected chi connectivity index (χ3v) is 4.83. The van der Waals surface area contributed by atoms with Crippen LogP contribution in [0.4, 0.5) is 4.79 Å². The van der Waals surface area contributed by atoms with Crippen molar-refractivity contribution in [2.75, 3.05) is 33.4 Å². The molecule has 3 amide bonds. The Morgan fingerprint density at radius 2 is 1.79 bits per heavy atom. The van der Waals surface area contributed by atoms with Gasteiger partial charge < -0.3 is 26.0 Å². The van der Waals surface area contributed by atoms with E-state index in [1.54, 1.807) is 19.2 Å². The average molecular weight is 413 g/mol. The molecule has 0 aromatic heterocycles. The first-order valence-corrected chi connectivity index (χ1v) is 9.55. The first kappa shape index (κ1) is 24.2. The molecule has 8 heteroatoms. The third-order valence-electron chi connectivity index (χ3n) is 4.83. The van der Waals surface area contributed by atoms with Crippen LogP contribution in [0.3, 0.4) is 0 Å². The van der Waals surface area contributed by atoms with Crippen molar-refractivity contribution in [2.24, 2.45) is 5.41 Å². The fourth-order valence-corrected chi connectivity index (χ4v) is 3.27. The van der Waals surface area contributed by atoms with Crippen LogP contribution in [0, 0.1) is 5.41 Å². The number of carbonyl (C=O) groups is 2. The summed E-state index contributed by atoms with van der Waals surface area (Å²) in [7, 11) is 1.71. The molecule has 158 valence electrons. The Kier molecular flexibility index (Phi) is 10.3. The predicted octanol–water partition coefficient (Wildman–Crippen LogP) is 2.06. The number of halogens is 1. The van der Waals surface area contributed by atoms with Gasteiger partial charge >= 0.3 is 6.03 Å². The summed E-state index contributed by atoms with van der Waals surface area (Å²) < 4.78 is 5.39. The third kappa shape index (κ3) is 7.66. The summed E-state index contributed by atoms with van der Waals surface area (Å²) in [6.07, 6.45) is 1.98. The van der Waals surface area contributed by atoms with Gasteiger partial charge in [0.05, 0.1) is 6.61 Å². The van der Waals surface area contributed by atoms with Crippen molar-refractivity contribution in [3.05, 3.63) is 35.4 Å². The Balaban J connectivity index is 0.00000392. The van der Waals surface area contributed by atoms with E-state index in [2.05, 4.69) is 21.3 Å². The van der Waals surface area contributed by atoms with Gasteiger partial charge in [-0.15, -0.1) is 12.4 Å². The van der Waals surface area contributed by atoms with Crippen molar-refractivity contribution in [3.63, 3.8) is 0 Å². The minimum atomic E-state index is -0.197. The fourth-order valence-electron chi connectivity index (χ4n) is 3.27. The molecule has 1 fully saturated rings.